The molecule has 0 radical (unpaired) electrons. The van der Waals surface area contributed by atoms with E-state index in [1.54, 1.807) is 0 Å². The Bertz CT molecular complexity index is 737. The Balaban J connectivity index is 1.62. The molecule has 2 saturated heterocycles. The zero-order chi connectivity index (χ0) is 16.2. The summed E-state index contributed by atoms with van der Waals surface area (Å²) in [6.07, 6.45) is 5.97. The van der Waals surface area contributed by atoms with Gasteiger partial charge in [0.15, 0.2) is 5.82 Å². The molecule has 124 valence electrons. The van der Waals surface area contributed by atoms with Crippen LogP contribution in [-0.4, -0.2) is 46.2 Å². The number of imidazole rings is 1. The quantitative estimate of drug-likeness (QED) is 0.821. The van der Waals surface area contributed by atoms with Crippen LogP contribution in [0.3, 0.4) is 0 Å². The maximum Gasteiger partial charge on any atom is 0.154 e. The fourth-order valence-electron chi connectivity index (χ4n) is 3.92. The Morgan fingerprint density at radius 3 is 2.78 bits per heavy atom. The minimum absolute atomic E-state index is 0.136. The molecule has 1 spiro atoms. The van der Waals surface area contributed by atoms with Crippen molar-refractivity contribution in [2.24, 2.45) is 11.1 Å². The molecule has 2 unspecified atom stereocenters. The lowest BCUT2D eigenvalue weighted by atomic mass is 9.73. The summed E-state index contributed by atoms with van der Waals surface area (Å²) in [5.41, 5.74) is 8.56. The highest BCUT2D eigenvalue weighted by molar-refractivity contribution is 9.10. The number of aryl methyl sites for hydroxylation is 1. The Kier molecular flexibility index (Phi) is 3.62. The summed E-state index contributed by atoms with van der Waals surface area (Å²) >= 11 is 3.59. The summed E-state index contributed by atoms with van der Waals surface area (Å²) in [4.78, 5) is 11.4. The van der Waals surface area contributed by atoms with Crippen LogP contribution >= 0.6 is 15.9 Å². The summed E-state index contributed by atoms with van der Waals surface area (Å²) in [6, 6.07) is 0.138. The Hall–Kier alpha value is -1.18. The van der Waals surface area contributed by atoms with Crippen molar-refractivity contribution in [1.29, 1.82) is 0 Å². The molecule has 2 aromatic heterocycles. The van der Waals surface area contributed by atoms with Gasteiger partial charge in [0.1, 0.15) is 16.4 Å². The van der Waals surface area contributed by atoms with Crippen LogP contribution in [-0.2, 0) is 4.74 Å². The van der Waals surface area contributed by atoms with E-state index in [0.29, 0.717) is 0 Å². The van der Waals surface area contributed by atoms with Crippen LogP contribution in [0.25, 0.3) is 5.52 Å². The summed E-state index contributed by atoms with van der Waals surface area (Å²) in [5.74, 6) is 1.01. The average molecular weight is 380 g/mol. The SMILES string of the molecule is Cc1nc(N2CCC3(CC2)COC(C)C3N)c2cncn2c1Br. The summed E-state index contributed by atoms with van der Waals surface area (Å²) in [7, 11) is 0. The zero-order valence-electron chi connectivity index (χ0n) is 13.5. The fourth-order valence-corrected chi connectivity index (χ4v) is 4.29. The predicted octanol–water partition coefficient (Wildman–Crippen LogP) is 2.13. The van der Waals surface area contributed by atoms with Gasteiger partial charge in [0.05, 0.1) is 24.6 Å². The molecule has 0 aliphatic carbocycles. The number of ether oxygens (including phenoxy) is 1. The largest absolute Gasteiger partial charge is 0.376 e. The first kappa shape index (κ1) is 15.4. The number of nitrogens with two attached hydrogens (primary N) is 1. The highest BCUT2D eigenvalue weighted by atomic mass is 79.9. The van der Waals surface area contributed by atoms with Gasteiger partial charge >= 0.3 is 0 Å². The summed E-state index contributed by atoms with van der Waals surface area (Å²) < 4.78 is 8.82. The lowest BCUT2D eigenvalue weighted by Crippen LogP contribution is -2.50. The third kappa shape index (κ3) is 2.28. The first-order valence-corrected chi connectivity index (χ1v) is 8.91. The van der Waals surface area contributed by atoms with Gasteiger partial charge in [0, 0.05) is 24.5 Å². The fraction of sp³-hybridized carbons (Fsp3) is 0.625. The molecule has 2 aliphatic rings. The van der Waals surface area contributed by atoms with Crippen molar-refractivity contribution in [3.8, 4) is 0 Å². The minimum Gasteiger partial charge on any atom is -0.376 e. The molecule has 2 aliphatic heterocycles. The van der Waals surface area contributed by atoms with Crippen LogP contribution in [0.15, 0.2) is 17.1 Å². The molecule has 2 atom stereocenters. The second-order valence-electron chi connectivity index (χ2n) is 6.85. The molecule has 0 aromatic carbocycles. The van der Waals surface area contributed by atoms with Gasteiger partial charge in [-0.2, -0.15) is 0 Å². The molecule has 2 aromatic rings. The number of fused-ring (bicyclic) bond motifs is 1. The second kappa shape index (κ2) is 5.43. The van der Waals surface area contributed by atoms with Crippen LogP contribution in [0.1, 0.15) is 25.5 Å². The van der Waals surface area contributed by atoms with Crippen LogP contribution < -0.4 is 10.6 Å². The van der Waals surface area contributed by atoms with Gasteiger partial charge in [0.2, 0.25) is 0 Å². The van der Waals surface area contributed by atoms with Crippen LogP contribution in [0.5, 0.6) is 0 Å². The van der Waals surface area contributed by atoms with Gasteiger partial charge in [-0.05, 0) is 42.6 Å². The highest BCUT2D eigenvalue weighted by Crippen LogP contribution is 2.42. The molecule has 7 heteroatoms. The molecular weight excluding hydrogens is 358 g/mol. The summed E-state index contributed by atoms with van der Waals surface area (Å²) in [5, 5.41) is 0. The van der Waals surface area contributed by atoms with E-state index in [-0.39, 0.29) is 17.6 Å². The van der Waals surface area contributed by atoms with Crippen LogP contribution in [0.4, 0.5) is 5.82 Å². The van der Waals surface area contributed by atoms with Crippen molar-refractivity contribution in [2.75, 3.05) is 24.6 Å². The average Bonchev–Trinajstić information content (AvgIpc) is 3.14. The molecule has 23 heavy (non-hydrogen) atoms. The van der Waals surface area contributed by atoms with Crippen molar-refractivity contribution in [3.05, 3.63) is 22.8 Å². The third-order valence-corrected chi connectivity index (χ3v) is 6.51. The molecule has 4 rings (SSSR count). The van der Waals surface area contributed by atoms with Crippen molar-refractivity contribution < 1.29 is 4.74 Å². The topological polar surface area (TPSA) is 68.7 Å². The highest BCUT2D eigenvalue weighted by Gasteiger charge is 2.47. The van der Waals surface area contributed by atoms with Crippen molar-refractivity contribution in [2.45, 2.75) is 38.8 Å². The smallest absolute Gasteiger partial charge is 0.154 e. The Morgan fingerprint density at radius 1 is 1.39 bits per heavy atom. The summed E-state index contributed by atoms with van der Waals surface area (Å²) in [6.45, 7) is 6.80. The van der Waals surface area contributed by atoms with E-state index in [1.165, 1.54) is 0 Å². The third-order valence-electron chi connectivity index (χ3n) is 5.56. The molecule has 2 fully saturated rings. The van der Waals surface area contributed by atoms with Gasteiger partial charge in [-0.3, -0.25) is 4.40 Å². The number of rotatable bonds is 1. The van der Waals surface area contributed by atoms with Gasteiger partial charge in [-0.1, -0.05) is 0 Å². The predicted molar refractivity (Wildman–Crippen MR) is 92.7 cm³/mol. The number of aromatic nitrogens is 3. The Labute approximate surface area is 144 Å². The standard InChI is InChI=1S/C16H22BrN5O/c1-10-14(17)22-9-19-7-12(22)15(20-10)21-5-3-16(4-6-21)8-23-11(2)13(16)18/h7,9,11,13H,3-6,8,18H2,1-2H3. The molecule has 0 amide bonds. The molecular formula is C16H22BrN5O. The number of anilines is 1. The maximum absolute atomic E-state index is 6.41. The van der Waals surface area contributed by atoms with Gasteiger partial charge in [0.25, 0.3) is 0 Å². The van der Waals surface area contributed by atoms with E-state index in [2.05, 4.69) is 37.1 Å². The molecule has 6 nitrogen and oxygen atoms in total. The normalized spacial score (nSPS) is 27.2. The first-order chi connectivity index (χ1) is 11.0. The maximum atomic E-state index is 6.41. The van der Waals surface area contributed by atoms with Gasteiger partial charge < -0.3 is 15.4 Å². The lowest BCUT2D eigenvalue weighted by Gasteiger charge is -2.41. The van der Waals surface area contributed by atoms with E-state index in [0.717, 1.165) is 54.2 Å². The van der Waals surface area contributed by atoms with E-state index in [4.69, 9.17) is 15.5 Å². The van der Waals surface area contributed by atoms with Gasteiger partial charge in [-0.25, -0.2) is 9.97 Å². The van der Waals surface area contributed by atoms with E-state index < -0.39 is 0 Å². The van der Waals surface area contributed by atoms with Crippen molar-refractivity contribution in [3.63, 3.8) is 0 Å². The van der Waals surface area contributed by atoms with E-state index in [9.17, 15) is 0 Å². The molecule has 0 bridgehead atoms. The lowest BCUT2D eigenvalue weighted by molar-refractivity contribution is 0.0974. The number of halogens is 1. The first-order valence-electron chi connectivity index (χ1n) is 8.12. The van der Waals surface area contributed by atoms with E-state index >= 15 is 0 Å². The minimum atomic E-state index is 0.136. The molecule has 0 saturated carbocycles. The Morgan fingerprint density at radius 2 is 2.13 bits per heavy atom. The van der Waals surface area contributed by atoms with Crippen LogP contribution in [0, 0.1) is 12.3 Å². The van der Waals surface area contributed by atoms with Gasteiger partial charge in [-0.15, -0.1) is 0 Å². The number of piperidine rings is 1. The molecule has 4 heterocycles. The van der Waals surface area contributed by atoms with Crippen LogP contribution in [0.2, 0.25) is 0 Å². The monoisotopic (exact) mass is 379 g/mol. The van der Waals surface area contributed by atoms with Crippen molar-refractivity contribution >= 4 is 27.3 Å². The molecule has 2 N–H and O–H groups in total. The number of hydrogen-bond acceptors (Lipinski definition) is 5. The number of hydrogen-bond donors (Lipinski definition) is 1. The van der Waals surface area contributed by atoms with E-state index in [1.807, 2.05) is 19.4 Å². The number of nitrogens with zero attached hydrogens (tertiary/aromatic N) is 4. The second-order valence-corrected chi connectivity index (χ2v) is 7.60. The zero-order valence-corrected chi connectivity index (χ0v) is 15.1. The van der Waals surface area contributed by atoms with Crippen molar-refractivity contribution in [1.82, 2.24) is 14.4 Å².